The Morgan fingerprint density at radius 2 is 1.49 bits per heavy atom. The minimum Gasteiger partial charge on any atom is -0.490 e. The van der Waals surface area contributed by atoms with Gasteiger partial charge in [0.1, 0.15) is 12.4 Å². The van der Waals surface area contributed by atoms with Gasteiger partial charge in [-0.2, -0.15) is 26.3 Å². The molecule has 2 aromatic rings. The van der Waals surface area contributed by atoms with Crippen molar-refractivity contribution in [2.75, 3.05) is 19.8 Å². The van der Waals surface area contributed by atoms with Crippen LogP contribution in [0.3, 0.4) is 0 Å². The van der Waals surface area contributed by atoms with E-state index in [2.05, 4.69) is 0 Å². The molecule has 0 bridgehead atoms. The summed E-state index contributed by atoms with van der Waals surface area (Å²) < 4.78 is 94.4. The van der Waals surface area contributed by atoms with Crippen LogP contribution in [0.25, 0.3) is 5.57 Å². The van der Waals surface area contributed by atoms with Crippen molar-refractivity contribution < 1.29 is 45.3 Å². The van der Waals surface area contributed by atoms with Crippen molar-refractivity contribution in [3.05, 3.63) is 70.8 Å². The summed E-state index contributed by atoms with van der Waals surface area (Å²) >= 11 is 0. The Morgan fingerprint density at radius 3 is 1.97 bits per heavy atom. The second-order valence-corrected chi connectivity index (χ2v) is 7.54. The SMILES string of the molecule is CCOC(=O)[C@H](Cc1ccc(OC/C=C(\C)c2cc(C(F)(F)F)cc(C(F)(F)F)c2)cc1)OCC. The number of allylic oxidation sites excluding steroid dienone is 1. The summed E-state index contributed by atoms with van der Waals surface area (Å²) in [5.74, 6) is -0.0273. The highest BCUT2D eigenvalue weighted by molar-refractivity contribution is 5.75. The highest BCUT2D eigenvalue weighted by Gasteiger charge is 2.37. The smallest absolute Gasteiger partial charge is 0.416 e. The monoisotopic (exact) mass is 504 g/mol. The summed E-state index contributed by atoms with van der Waals surface area (Å²) in [6.07, 6.45) is -8.88. The molecule has 192 valence electrons. The van der Waals surface area contributed by atoms with E-state index in [-0.39, 0.29) is 30.4 Å². The van der Waals surface area contributed by atoms with Crippen LogP contribution in [-0.2, 0) is 33.0 Å². The summed E-state index contributed by atoms with van der Waals surface area (Å²) in [5.41, 5.74) is -1.96. The first-order valence-electron chi connectivity index (χ1n) is 10.8. The zero-order chi connectivity index (χ0) is 26.2. The van der Waals surface area contributed by atoms with Crippen LogP contribution in [0, 0.1) is 0 Å². The number of ether oxygens (including phenoxy) is 3. The van der Waals surface area contributed by atoms with E-state index in [9.17, 15) is 31.1 Å². The third kappa shape index (κ3) is 8.61. The number of carbonyl (C=O) groups is 1. The molecule has 0 fully saturated rings. The maximum Gasteiger partial charge on any atom is 0.416 e. The lowest BCUT2D eigenvalue weighted by Gasteiger charge is -2.16. The van der Waals surface area contributed by atoms with E-state index in [0.29, 0.717) is 30.9 Å². The molecule has 0 aromatic heterocycles. The lowest BCUT2D eigenvalue weighted by molar-refractivity contribution is -0.156. The van der Waals surface area contributed by atoms with Crippen LogP contribution in [0.1, 0.15) is 43.0 Å². The first-order chi connectivity index (χ1) is 16.3. The van der Waals surface area contributed by atoms with E-state index < -0.39 is 35.6 Å². The number of hydrogen-bond acceptors (Lipinski definition) is 4. The van der Waals surface area contributed by atoms with Gasteiger partial charge in [0.2, 0.25) is 0 Å². The van der Waals surface area contributed by atoms with Gasteiger partial charge in [-0.1, -0.05) is 12.1 Å². The van der Waals surface area contributed by atoms with E-state index >= 15 is 0 Å². The summed E-state index contributed by atoms with van der Waals surface area (Å²) in [7, 11) is 0. The van der Waals surface area contributed by atoms with Gasteiger partial charge in [0.15, 0.2) is 6.10 Å². The topological polar surface area (TPSA) is 44.8 Å². The number of benzene rings is 2. The molecule has 0 unspecified atom stereocenters. The first-order valence-corrected chi connectivity index (χ1v) is 10.8. The van der Waals surface area contributed by atoms with Gasteiger partial charge >= 0.3 is 18.3 Å². The van der Waals surface area contributed by atoms with Gasteiger partial charge in [-0.05, 0) is 73.9 Å². The van der Waals surface area contributed by atoms with E-state index in [1.165, 1.54) is 13.0 Å². The summed E-state index contributed by atoms with van der Waals surface area (Å²) in [6, 6.07) is 8.16. The molecule has 4 nitrogen and oxygen atoms in total. The van der Waals surface area contributed by atoms with Gasteiger partial charge < -0.3 is 14.2 Å². The Kier molecular flexibility index (Phi) is 9.76. The maximum atomic E-state index is 13.1. The van der Waals surface area contributed by atoms with Crippen LogP contribution >= 0.6 is 0 Å². The first kappa shape index (κ1) is 28.2. The minimum absolute atomic E-state index is 0.0762. The predicted molar refractivity (Wildman–Crippen MR) is 118 cm³/mol. The molecule has 0 aliphatic carbocycles. The third-order valence-electron chi connectivity index (χ3n) is 4.94. The second kappa shape index (κ2) is 12.1. The quantitative estimate of drug-likeness (QED) is 0.266. The number of hydrogen-bond donors (Lipinski definition) is 0. The molecule has 35 heavy (non-hydrogen) atoms. The molecule has 0 N–H and O–H groups in total. The third-order valence-corrected chi connectivity index (χ3v) is 4.94. The second-order valence-electron chi connectivity index (χ2n) is 7.54. The summed E-state index contributed by atoms with van der Waals surface area (Å²) in [6.45, 7) is 5.37. The molecule has 1 atom stereocenters. The fourth-order valence-electron chi connectivity index (χ4n) is 3.15. The van der Waals surface area contributed by atoms with Crippen molar-refractivity contribution in [2.24, 2.45) is 0 Å². The largest absolute Gasteiger partial charge is 0.490 e. The molecule has 0 saturated heterocycles. The molecule has 0 amide bonds. The standard InChI is InChI=1S/C25H26F6O4/c1-4-33-22(23(32)34-5-2)12-17-6-8-21(9-7-17)35-11-10-16(3)18-13-19(24(26,27)28)15-20(14-18)25(29,30)31/h6-10,13-15,22H,4-5,11-12H2,1-3H3/b16-10+/t22-/m0/s1. The van der Waals surface area contributed by atoms with Crippen molar-refractivity contribution >= 4 is 11.5 Å². The van der Waals surface area contributed by atoms with Crippen LogP contribution < -0.4 is 4.74 Å². The van der Waals surface area contributed by atoms with E-state index in [1.807, 2.05) is 0 Å². The van der Waals surface area contributed by atoms with E-state index in [0.717, 1.165) is 5.56 Å². The molecule has 0 saturated carbocycles. The van der Waals surface area contributed by atoms with Gasteiger partial charge in [0.25, 0.3) is 0 Å². The van der Waals surface area contributed by atoms with Crippen molar-refractivity contribution in [3.8, 4) is 5.75 Å². The number of rotatable bonds is 10. The average molecular weight is 504 g/mol. The fraction of sp³-hybridized carbons (Fsp3) is 0.400. The Labute approximate surface area is 199 Å². The molecule has 0 aliphatic rings. The van der Waals surface area contributed by atoms with Crippen LogP contribution in [0.15, 0.2) is 48.5 Å². The Balaban J connectivity index is 2.09. The number of carbonyl (C=O) groups excluding carboxylic acids is 1. The normalized spacial score (nSPS) is 13.5. The fourth-order valence-corrected chi connectivity index (χ4v) is 3.15. The molecule has 0 spiro atoms. The van der Waals surface area contributed by atoms with Crippen molar-refractivity contribution in [1.29, 1.82) is 0 Å². The molecule has 10 heteroatoms. The highest BCUT2D eigenvalue weighted by atomic mass is 19.4. The molecule has 0 radical (unpaired) electrons. The minimum atomic E-state index is -4.91. The van der Waals surface area contributed by atoms with E-state index in [4.69, 9.17) is 14.2 Å². The number of halogens is 6. The Hall–Kier alpha value is -3.01. The zero-order valence-electron chi connectivity index (χ0n) is 19.4. The molecule has 0 aliphatic heterocycles. The Morgan fingerprint density at radius 1 is 0.914 bits per heavy atom. The zero-order valence-corrected chi connectivity index (χ0v) is 19.4. The van der Waals surface area contributed by atoms with Gasteiger partial charge in [-0.25, -0.2) is 4.79 Å². The van der Waals surface area contributed by atoms with Crippen molar-refractivity contribution in [2.45, 2.75) is 45.6 Å². The maximum absolute atomic E-state index is 13.1. The van der Waals surface area contributed by atoms with Crippen LogP contribution in [0.2, 0.25) is 0 Å². The molecular weight excluding hydrogens is 478 g/mol. The van der Waals surface area contributed by atoms with Gasteiger partial charge in [0.05, 0.1) is 17.7 Å². The average Bonchev–Trinajstić information content (AvgIpc) is 2.78. The number of alkyl halides is 6. The summed E-state index contributed by atoms with van der Waals surface area (Å²) in [4.78, 5) is 12.0. The molecule has 0 heterocycles. The van der Waals surface area contributed by atoms with Gasteiger partial charge in [0, 0.05) is 13.0 Å². The summed E-state index contributed by atoms with van der Waals surface area (Å²) in [5, 5.41) is 0. The lowest BCUT2D eigenvalue weighted by atomic mass is 10.00. The molecular formula is C25H26F6O4. The number of esters is 1. The van der Waals surface area contributed by atoms with Crippen LogP contribution in [0.4, 0.5) is 26.3 Å². The van der Waals surface area contributed by atoms with Crippen molar-refractivity contribution in [3.63, 3.8) is 0 Å². The van der Waals surface area contributed by atoms with Crippen LogP contribution in [-0.4, -0.2) is 31.9 Å². The Bertz CT molecular complexity index is 978. The van der Waals surface area contributed by atoms with Gasteiger partial charge in [-0.15, -0.1) is 0 Å². The van der Waals surface area contributed by atoms with Crippen LogP contribution in [0.5, 0.6) is 5.75 Å². The van der Waals surface area contributed by atoms with Crippen molar-refractivity contribution in [1.82, 2.24) is 0 Å². The van der Waals surface area contributed by atoms with E-state index in [1.54, 1.807) is 38.1 Å². The highest BCUT2D eigenvalue weighted by Crippen LogP contribution is 2.37. The lowest BCUT2D eigenvalue weighted by Crippen LogP contribution is -2.28. The predicted octanol–water partition coefficient (Wildman–Crippen LogP) is 6.72. The molecule has 2 aromatic carbocycles. The van der Waals surface area contributed by atoms with Gasteiger partial charge in [-0.3, -0.25) is 0 Å². The molecule has 2 rings (SSSR count).